The second kappa shape index (κ2) is 9.25. The smallest absolute Gasteiger partial charge is 0.161 e. The minimum absolute atomic E-state index is 0. The normalized spacial score (nSPS) is 10.5. The van der Waals surface area contributed by atoms with E-state index in [4.69, 9.17) is 0 Å². The first-order valence-electron chi connectivity index (χ1n) is 9.52. The molecule has 5 rings (SSSR count). The minimum atomic E-state index is 0. The Hall–Kier alpha value is -2.28. The molecule has 30 heavy (non-hydrogen) atoms. The van der Waals surface area contributed by atoms with E-state index in [0.717, 1.165) is 22.4 Å². The van der Waals surface area contributed by atoms with Gasteiger partial charge in [0.2, 0.25) is 0 Å². The zero-order chi connectivity index (χ0) is 19.1. The molecule has 1 nitrogen and oxygen atoms in total. The van der Waals surface area contributed by atoms with E-state index in [9.17, 15) is 0 Å². The van der Waals surface area contributed by atoms with E-state index in [0.29, 0.717) is 0 Å². The third-order valence-electron chi connectivity index (χ3n) is 5.43. The fourth-order valence-corrected chi connectivity index (χ4v) is 3.87. The van der Waals surface area contributed by atoms with E-state index in [1.807, 2.05) is 6.07 Å². The van der Waals surface area contributed by atoms with Gasteiger partial charge in [0.1, 0.15) is 12.7 Å². The molecule has 0 fully saturated rings. The molecule has 0 unspecified atom stereocenters. The van der Waals surface area contributed by atoms with Gasteiger partial charge >= 0.3 is 0 Å². The second-order valence-corrected chi connectivity index (χ2v) is 7.26. The molecular formula is C27H20BNY-. The van der Waals surface area contributed by atoms with Gasteiger partial charge in [0.05, 0.1) is 0 Å². The molecule has 0 aliphatic rings. The first-order valence-corrected chi connectivity index (χ1v) is 9.52. The monoisotopic (exact) mass is 458 g/mol. The summed E-state index contributed by atoms with van der Waals surface area (Å²) in [6.07, 6.45) is 2.07. The summed E-state index contributed by atoms with van der Waals surface area (Å²) in [6.45, 7) is 2.14. The Morgan fingerprint density at radius 2 is 1.53 bits per heavy atom. The van der Waals surface area contributed by atoms with Crippen LogP contribution in [0.5, 0.6) is 0 Å². The summed E-state index contributed by atoms with van der Waals surface area (Å²) in [4.78, 5) is 0. The molecule has 4 radical (unpaired) electrons. The summed E-state index contributed by atoms with van der Waals surface area (Å²) >= 11 is 0. The Labute approximate surface area is 205 Å². The predicted molar refractivity (Wildman–Crippen MR) is 122 cm³/mol. The van der Waals surface area contributed by atoms with E-state index in [1.54, 1.807) is 0 Å². The largest absolute Gasteiger partial charge is 0.234 e. The van der Waals surface area contributed by atoms with Crippen molar-refractivity contribution in [2.24, 2.45) is 7.05 Å². The maximum Gasteiger partial charge on any atom is 0.161 e. The van der Waals surface area contributed by atoms with Crippen molar-refractivity contribution < 1.29 is 37.3 Å². The van der Waals surface area contributed by atoms with Crippen molar-refractivity contribution >= 4 is 30.0 Å². The average Bonchev–Trinajstić information content (AvgIpc) is 2.74. The maximum atomic E-state index is 3.64. The molecule has 0 bridgehead atoms. The van der Waals surface area contributed by atoms with E-state index >= 15 is 0 Å². The number of nitrogens with zero attached hydrogens (tertiary/aromatic N) is 1. The number of aromatic nitrogens is 1. The molecule has 5 aromatic rings. The van der Waals surface area contributed by atoms with Crippen molar-refractivity contribution in [3.05, 3.63) is 103 Å². The van der Waals surface area contributed by atoms with Crippen molar-refractivity contribution in [2.75, 3.05) is 0 Å². The van der Waals surface area contributed by atoms with Gasteiger partial charge in [-0.1, -0.05) is 65.7 Å². The van der Waals surface area contributed by atoms with Gasteiger partial charge < -0.3 is 0 Å². The molecule has 0 spiro atoms. The Balaban J connectivity index is 0.00000128. The van der Waals surface area contributed by atoms with E-state index in [-0.39, 0.29) is 41.1 Å². The first-order chi connectivity index (χ1) is 13.7. The Morgan fingerprint density at radius 1 is 0.767 bits per heavy atom. The van der Waals surface area contributed by atoms with Gasteiger partial charge in [-0.15, -0.1) is 23.1 Å². The van der Waals surface area contributed by atoms with Crippen LogP contribution in [0.1, 0.15) is 5.56 Å². The molecule has 0 saturated carbocycles. The van der Waals surface area contributed by atoms with Gasteiger partial charge in [-0.3, -0.25) is 0 Å². The molecule has 3 heteroatoms. The SMILES string of the molecule is Cc1ccc(-c2[c-]cc3c(ccc4ccccc43)c2)[c-]c1-c1cccc[n+]1C.[B].[Y]. The van der Waals surface area contributed by atoms with Crippen molar-refractivity contribution in [3.63, 3.8) is 0 Å². The zero-order valence-electron chi connectivity index (χ0n) is 17.2. The van der Waals surface area contributed by atoms with Crippen molar-refractivity contribution in [1.82, 2.24) is 0 Å². The van der Waals surface area contributed by atoms with Crippen LogP contribution in [0.25, 0.3) is 43.9 Å². The number of fused-ring (bicyclic) bond motifs is 3. The van der Waals surface area contributed by atoms with Gasteiger partial charge in [-0.25, -0.2) is 10.1 Å². The molecule has 0 N–H and O–H groups in total. The quantitative estimate of drug-likeness (QED) is 0.139. The summed E-state index contributed by atoms with van der Waals surface area (Å²) in [5.41, 5.74) is 5.65. The first kappa shape index (κ1) is 22.4. The molecule has 4 aromatic carbocycles. The topological polar surface area (TPSA) is 3.88 Å². The summed E-state index contributed by atoms with van der Waals surface area (Å²) in [6, 6.07) is 34.9. The van der Waals surface area contributed by atoms with Crippen LogP contribution in [0.3, 0.4) is 0 Å². The average molecular weight is 458 g/mol. The van der Waals surface area contributed by atoms with Crippen LogP contribution in [-0.4, -0.2) is 8.41 Å². The number of pyridine rings is 1. The van der Waals surface area contributed by atoms with Crippen LogP contribution < -0.4 is 4.57 Å². The van der Waals surface area contributed by atoms with Gasteiger partial charge in [-0.05, 0) is 11.5 Å². The fourth-order valence-electron chi connectivity index (χ4n) is 3.87. The van der Waals surface area contributed by atoms with Gasteiger partial charge in [0.25, 0.3) is 0 Å². The molecule has 1 aromatic heterocycles. The Bertz CT molecular complexity index is 1340. The number of rotatable bonds is 2. The van der Waals surface area contributed by atoms with Gasteiger partial charge in [-0.2, -0.15) is 29.8 Å². The Kier molecular flexibility index (Phi) is 6.91. The molecule has 140 valence electrons. The third-order valence-corrected chi connectivity index (χ3v) is 5.43. The number of benzene rings is 4. The molecule has 0 aliphatic carbocycles. The number of aryl methyl sites for hydroxylation is 2. The van der Waals surface area contributed by atoms with Crippen LogP contribution >= 0.6 is 0 Å². The maximum absolute atomic E-state index is 3.64. The summed E-state index contributed by atoms with van der Waals surface area (Å²) in [5, 5.41) is 5.00. The molecule has 1 heterocycles. The van der Waals surface area contributed by atoms with Gasteiger partial charge in [0, 0.05) is 47.2 Å². The van der Waals surface area contributed by atoms with Crippen LogP contribution in [0.15, 0.2) is 85.1 Å². The van der Waals surface area contributed by atoms with Crippen LogP contribution in [0.4, 0.5) is 0 Å². The predicted octanol–water partition coefficient (Wildman–Crippen LogP) is 5.68. The summed E-state index contributed by atoms with van der Waals surface area (Å²) in [5.74, 6) is 0. The summed E-state index contributed by atoms with van der Waals surface area (Å²) < 4.78 is 2.14. The summed E-state index contributed by atoms with van der Waals surface area (Å²) in [7, 11) is 2.07. The molecule has 0 atom stereocenters. The van der Waals surface area contributed by atoms with Crippen LogP contribution in [0, 0.1) is 19.1 Å². The van der Waals surface area contributed by atoms with E-state index in [2.05, 4.69) is 110 Å². The van der Waals surface area contributed by atoms with Crippen LogP contribution in [-0.2, 0) is 39.8 Å². The molecule has 0 saturated heterocycles. The molecule has 0 aliphatic heterocycles. The van der Waals surface area contributed by atoms with Gasteiger partial charge in [0.15, 0.2) is 6.20 Å². The van der Waals surface area contributed by atoms with E-state index < -0.39 is 0 Å². The standard InChI is InChI=1S/C27H20N.B.Y/c1-19-10-11-22(18-26(19)27-9-5-6-16-28(27)2)21-14-15-25-23(17-21)13-12-20-7-3-4-8-24(20)25;;/h3-13,15-17H,1-2H3;;/q-1;;. The zero-order valence-corrected chi connectivity index (χ0v) is 20.0. The molecule has 0 amide bonds. The van der Waals surface area contributed by atoms with Crippen LogP contribution in [0.2, 0.25) is 0 Å². The van der Waals surface area contributed by atoms with Crippen molar-refractivity contribution in [1.29, 1.82) is 0 Å². The third kappa shape index (κ3) is 3.99. The van der Waals surface area contributed by atoms with E-state index in [1.165, 1.54) is 27.1 Å². The Morgan fingerprint density at radius 3 is 2.37 bits per heavy atom. The molecular weight excluding hydrogens is 438 g/mol. The number of hydrogen-bond donors (Lipinski definition) is 0. The van der Waals surface area contributed by atoms with Crippen molar-refractivity contribution in [2.45, 2.75) is 6.92 Å². The second-order valence-electron chi connectivity index (χ2n) is 7.26. The van der Waals surface area contributed by atoms with Crippen molar-refractivity contribution in [3.8, 4) is 22.4 Å². The minimum Gasteiger partial charge on any atom is -0.234 e. The fraction of sp³-hybridized carbons (Fsp3) is 0.0741. The number of hydrogen-bond acceptors (Lipinski definition) is 0.